The minimum atomic E-state index is -0.504. The largest absolute Gasteiger partial charge is 0.496 e. The Bertz CT molecular complexity index is 1260. The van der Waals surface area contributed by atoms with Crippen LogP contribution < -0.4 is 19.5 Å². The summed E-state index contributed by atoms with van der Waals surface area (Å²) >= 11 is 1.57. The fraction of sp³-hybridized carbons (Fsp3) is 0.375. The molecule has 0 amide bonds. The molecular weight excluding hydrogens is 440 g/mol. The van der Waals surface area contributed by atoms with Gasteiger partial charge in [-0.15, -0.1) is 16.4 Å². The van der Waals surface area contributed by atoms with Gasteiger partial charge in [0, 0.05) is 29.3 Å². The maximum Gasteiger partial charge on any atom is 0.226 e. The quantitative estimate of drug-likeness (QED) is 0.584. The summed E-state index contributed by atoms with van der Waals surface area (Å²) < 4.78 is 18.6. The summed E-state index contributed by atoms with van der Waals surface area (Å²) in [7, 11) is 4.77. The van der Waals surface area contributed by atoms with Gasteiger partial charge in [-0.25, -0.2) is 4.68 Å². The standard InChI is InChI=1S/C24H26N4O4S/c1-24(2)11-14-20(15(29)12-24)21(13-9-17(31-4)18(32-5)10-16(13)30-3)28-23(25-14)26-22(27-28)19-7-6-8-33-19/h6-10,21H,11-12H2,1-5H3,(H,25,26,27). The van der Waals surface area contributed by atoms with E-state index in [-0.39, 0.29) is 11.2 Å². The number of carbonyl (C=O) groups excluding carboxylic acids is 1. The summed E-state index contributed by atoms with van der Waals surface area (Å²) in [4.78, 5) is 19.2. The second kappa shape index (κ2) is 7.91. The van der Waals surface area contributed by atoms with Gasteiger partial charge < -0.3 is 19.5 Å². The molecule has 1 aliphatic carbocycles. The molecule has 172 valence electrons. The molecule has 0 saturated carbocycles. The monoisotopic (exact) mass is 466 g/mol. The number of carbonyl (C=O) groups is 1. The molecule has 1 aliphatic heterocycles. The number of nitrogens with one attached hydrogen (secondary N) is 1. The van der Waals surface area contributed by atoms with E-state index in [9.17, 15) is 4.79 Å². The van der Waals surface area contributed by atoms with Crippen LogP contribution in [0.1, 0.15) is 38.3 Å². The number of methoxy groups -OCH3 is 3. The van der Waals surface area contributed by atoms with Crippen LogP contribution in [-0.2, 0) is 4.79 Å². The van der Waals surface area contributed by atoms with Crippen molar-refractivity contribution in [3.8, 4) is 28.0 Å². The second-order valence-electron chi connectivity index (χ2n) is 8.99. The lowest BCUT2D eigenvalue weighted by Gasteiger charge is -2.38. The lowest BCUT2D eigenvalue weighted by atomic mass is 9.73. The van der Waals surface area contributed by atoms with Gasteiger partial charge in [-0.05, 0) is 29.3 Å². The Labute approximate surface area is 196 Å². The highest BCUT2D eigenvalue weighted by Gasteiger charge is 2.43. The van der Waals surface area contributed by atoms with E-state index < -0.39 is 6.04 Å². The van der Waals surface area contributed by atoms with E-state index in [1.807, 2.05) is 23.6 Å². The van der Waals surface area contributed by atoms with Gasteiger partial charge in [-0.3, -0.25) is 4.79 Å². The number of Topliss-reactive ketones (excluding diaryl/α,β-unsaturated/α-hetero) is 1. The number of nitrogens with zero attached hydrogens (tertiary/aromatic N) is 3. The first-order chi connectivity index (χ1) is 15.8. The molecule has 0 saturated heterocycles. The minimum absolute atomic E-state index is 0.0920. The van der Waals surface area contributed by atoms with Gasteiger partial charge in [-0.1, -0.05) is 19.9 Å². The van der Waals surface area contributed by atoms with Crippen molar-refractivity contribution >= 4 is 23.1 Å². The van der Waals surface area contributed by atoms with Crippen LogP contribution in [0.4, 0.5) is 5.95 Å². The van der Waals surface area contributed by atoms with Crippen LogP contribution in [0.2, 0.25) is 0 Å². The molecule has 9 heteroatoms. The average molecular weight is 467 g/mol. The predicted molar refractivity (Wildman–Crippen MR) is 126 cm³/mol. The van der Waals surface area contributed by atoms with Gasteiger partial charge in [0.25, 0.3) is 0 Å². The number of thiophene rings is 1. The molecular formula is C24H26N4O4S. The SMILES string of the molecule is COc1cc(OC)c(C2C3=C(CC(C)(C)CC3=O)Nc3nc(-c4cccs4)nn32)cc1OC. The zero-order valence-corrected chi connectivity index (χ0v) is 20.1. The zero-order chi connectivity index (χ0) is 23.3. The highest BCUT2D eigenvalue weighted by molar-refractivity contribution is 7.13. The van der Waals surface area contributed by atoms with Gasteiger partial charge in [0.2, 0.25) is 5.95 Å². The minimum Gasteiger partial charge on any atom is -0.496 e. The number of rotatable bonds is 5. The number of anilines is 1. The third-order valence-electron chi connectivity index (χ3n) is 6.10. The van der Waals surface area contributed by atoms with Crippen LogP contribution in [0.3, 0.4) is 0 Å². The summed E-state index contributed by atoms with van der Waals surface area (Å²) in [5.74, 6) is 3.00. The molecule has 2 aliphatic rings. The first-order valence-corrected chi connectivity index (χ1v) is 11.6. The molecule has 1 unspecified atom stereocenters. The number of allylic oxidation sites excluding steroid dienone is 2. The molecule has 3 heterocycles. The Morgan fingerprint density at radius 1 is 1.09 bits per heavy atom. The van der Waals surface area contributed by atoms with Crippen molar-refractivity contribution in [3.63, 3.8) is 0 Å². The third-order valence-corrected chi connectivity index (χ3v) is 6.97. The topological polar surface area (TPSA) is 87.5 Å². The predicted octanol–water partition coefficient (Wildman–Crippen LogP) is 4.69. The van der Waals surface area contributed by atoms with Crippen LogP contribution in [0, 0.1) is 5.41 Å². The van der Waals surface area contributed by atoms with Crippen molar-refractivity contribution in [1.29, 1.82) is 0 Å². The fourth-order valence-corrected chi connectivity index (χ4v) is 5.33. The zero-order valence-electron chi connectivity index (χ0n) is 19.3. The lowest BCUT2D eigenvalue weighted by molar-refractivity contribution is -0.118. The Hall–Kier alpha value is -3.33. The maximum atomic E-state index is 13.5. The van der Waals surface area contributed by atoms with Crippen LogP contribution in [0.15, 0.2) is 40.9 Å². The highest BCUT2D eigenvalue weighted by atomic mass is 32.1. The van der Waals surface area contributed by atoms with Crippen molar-refractivity contribution in [3.05, 3.63) is 46.5 Å². The van der Waals surface area contributed by atoms with Crippen molar-refractivity contribution < 1.29 is 19.0 Å². The first-order valence-electron chi connectivity index (χ1n) is 10.7. The number of ether oxygens (including phenoxy) is 3. The first kappa shape index (κ1) is 21.5. The lowest BCUT2D eigenvalue weighted by Crippen LogP contribution is -2.36. The number of ketones is 1. The van der Waals surface area contributed by atoms with Gasteiger partial charge in [-0.2, -0.15) is 4.98 Å². The van der Waals surface area contributed by atoms with E-state index >= 15 is 0 Å². The van der Waals surface area contributed by atoms with E-state index in [0.717, 1.165) is 22.6 Å². The van der Waals surface area contributed by atoms with Crippen LogP contribution in [0.5, 0.6) is 17.2 Å². The molecule has 2 aromatic heterocycles. The number of hydrogen-bond donors (Lipinski definition) is 1. The molecule has 0 radical (unpaired) electrons. The Kier molecular flexibility index (Phi) is 5.16. The van der Waals surface area contributed by atoms with Gasteiger partial charge >= 0.3 is 0 Å². The third kappa shape index (κ3) is 3.56. The normalized spacial score (nSPS) is 18.9. The van der Waals surface area contributed by atoms with Gasteiger partial charge in [0.15, 0.2) is 23.1 Å². The molecule has 1 atom stereocenters. The van der Waals surface area contributed by atoms with Crippen LogP contribution in [0.25, 0.3) is 10.7 Å². The van der Waals surface area contributed by atoms with E-state index in [2.05, 4.69) is 19.2 Å². The number of fused-ring (bicyclic) bond motifs is 1. The number of aromatic nitrogens is 3. The Balaban J connectivity index is 1.75. The number of hydrogen-bond acceptors (Lipinski definition) is 8. The van der Waals surface area contributed by atoms with Gasteiger partial charge in [0.05, 0.1) is 26.2 Å². The average Bonchev–Trinajstić information content (AvgIpc) is 3.45. The van der Waals surface area contributed by atoms with Crippen molar-refractivity contribution in [1.82, 2.24) is 14.8 Å². The second-order valence-corrected chi connectivity index (χ2v) is 9.94. The van der Waals surface area contributed by atoms with E-state index in [0.29, 0.717) is 41.0 Å². The summed E-state index contributed by atoms with van der Waals surface area (Å²) in [6, 6.07) is 7.10. The van der Waals surface area contributed by atoms with E-state index in [1.54, 1.807) is 43.4 Å². The summed E-state index contributed by atoms with van der Waals surface area (Å²) in [6.07, 6.45) is 1.20. The fourth-order valence-electron chi connectivity index (χ4n) is 4.67. The summed E-state index contributed by atoms with van der Waals surface area (Å²) in [6.45, 7) is 4.22. The van der Waals surface area contributed by atoms with Crippen LogP contribution >= 0.6 is 11.3 Å². The van der Waals surface area contributed by atoms with Crippen molar-refractivity contribution in [2.75, 3.05) is 26.6 Å². The van der Waals surface area contributed by atoms with Crippen LogP contribution in [-0.4, -0.2) is 41.9 Å². The van der Waals surface area contributed by atoms with Crippen molar-refractivity contribution in [2.45, 2.75) is 32.7 Å². The van der Waals surface area contributed by atoms with E-state index in [4.69, 9.17) is 24.3 Å². The molecule has 0 bridgehead atoms. The molecule has 3 aromatic rings. The molecule has 0 fully saturated rings. The summed E-state index contributed by atoms with van der Waals surface area (Å²) in [5, 5.41) is 10.2. The molecule has 0 spiro atoms. The molecule has 5 rings (SSSR count). The Morgan fingerprint density at radius 3 is 2.48 bits per heavy atom. The maximum absolute atomic E-state index is 13.5. The van der Waals surface area contributed by atoms with Crippen molar-refractivity contribution in [2.24, 2.45) is 5.41 Å². The summed E-state index contributed by atoms with van der Waals surface area (Å²) in [5.41, 5.74) is 2.19. The smallest absolute Gasteiger partial charge is 0.226 e. The molecule has 8 nitrogen and oxygen atoms in total. The Morgan fingerprint density at radius 2 is 1.82 bits per heavy atom. The number of benzene rings is 1. The molecule has 1 aromatic carbocycles. The van der Waals surface area contributed by atoms with E-state index in [1.165, 1.54) is 0 Å². The van der Waals surface area contributed by atoms with Gasteiger partial charge in [0.1, 0.15) is 11.8 Å². The molecule has 1 N–H and O–H groups in total. The molecule has 33 heavy (non-hydrogen) atoms. The highest BCUT2D eigenvalue weighted by Crippen LogP contribution is 2.49.